The smallest absolute Gasteiger partial charge is 0.0499 e. The molecule has 1 N–H and O–H groups in total. The Balaban J connectivity index is 0.00000120. The Labute approximate surface area is 123 Å². The summed E-state index contributed by atoms with van der Waals surface area (Å²) in [7, 11) is 2.19. The molecule has 0 radical (unpaired) electrons. The van der Waals surface area contributed by atoms with Gasteiger partial charge in [0.2, 0.25) is 0 Å². The number of fused-ring (bicyclic) bond motifs is 1. The number of nitrogens with zero attached hydrogens (tertiary/aromatic N) is 1. The normalized spacial score (nSPS) is 17.9. The van der Waals surface area contributed by atoms with Gasteiger partial charge in [-0.2, -0.15) is 0 Å². The fourth-order valence-electron chi connectivity index (χ4n) is 2.68. The maximum absolute atomic E-state index is 6.20. The average molecular weight is 330 g/mol. The van der Waals surface area contributed by atoms with E-state index in [0.29, 0.717) is 5.92 Å². The standard InChI is InChI=1S/C14H17ClN2.BrH/c1-17-7-5-10(6-8-17)14-9-11-12(15)3-2-4-13(11)16-14;/h2-4,9-10,16H,5-8H2,1H3;1H. The van der Waals surface area contributed by atoms with E-state index in [1.165, 1.54) is 31.6 Å². The molecule has 1 saturated heterocycles. The monoisotopic (exact) mass is 328 g/mol. The van der Waals surface area contributed by atoms with Crippen molar-refractivity contribution in [3.8, 4) is 0 Å². The van der Waals surface area contributed by atoms with E-state index in [0.717, 1.165) is 15.9 Å². The fraction of sp³-hybridized carbons (Fsp3) is 0.429. The molecule has 1 aliphatic heterocycles. The average Bonchev–Trinajstić information content (AvgIpc) is 2.75. The lowest BCUT2D eigenvalue weighted by atomic mass is 9.94. The molecule has 1 aromatic heterocycles. The third-order valence-electron chi connectivity index (χ3n) is 3.79. The summed E-state index contributed by atoms with van der Waals surface area (Å²) in [5.41, 5.74) is 2.51. The molecule has 3 rings (SSSR count). The Morgan fingerprint density at radius 2 is 2.00 bits per heavy atom. The Bertz CT molecular complexity index is 530. The van der Waals surface area contributed by atoms with Crippen LogP contribution in [0.4, 0.5) is 0 Å². The summed E-state index contributed by atoms with van der Waals surface area (Å²) in [5.74, 6) is 0.662. The molecular weight excluding hydrogens is 312 g/mol. The van der Waals surface area contributed by atoms with Crippen LogP contribution in [0.15, 0.2) is 24.3 Å². The van der Waals surface area contributed by atoms with Gasteiger partial charge in [0.05, 0.1) is 0 Å². The first-order valence-electron chi connectivity index (χ1n) is 6.20. The highest BCUT2D eigenvalue weighted by molar-refractivity contribution is 8.93. The highest BCUT2D eigenvalue weighted by Crippen LogP contribution is 2.31. The van der Waals surface area contributed by atoms with Gasteiger partial charge in [-0.1, -0.05) is 17.7 Å². The zero-order valence-corrected chi connectivity index (χ0v) is 12.9. The molecule has 0 aliphatic carbocycles. The van der Waals surface area contributed by atoms with E-state index in [-0.39, 0.29) is 17.0 Å². The second-order valence-corrected chi connectivity index (χ2v) is 5.41. The van der Waals surface area contributed by atoms with Crippen LogP contribution in [0, 0.1) is 0 Å². The lowest BCUT2D eigenvalue weighted by molar-refractivity contribution is 0.254. The van der Waals surface area contributed by atoms with Crippen molar-refractivity contribution >= 4 is 39.5 Å². The number of aromatic nitrogens is 1. The van der Waals surface area contributed by atoms with Crippen LogP contribution in [-0.4, -0.2) is 30.0 Å². The molecule has 0 atom stereocenters. The van der Waals surface area contributed by atoms with Crippen molar-refractivity contribution in [2.75, 3.05) is 20.1 Å². The largest absolute Gasteiger partial charge is 0.358 e. The van der Waals surface area contributed by atoms with Crippen LogP contribution >= 0.6 is 28.6 Å². The summed E-state index contributed by atoms with van der Waals surface area (Å²) in [6.45, 7) is 2.38. The maximum atomic E-state index is 6.20. The number of aromatic amines is 1. The van der Waals surface area contributed by atoms with Gasteiger partial charge in [0.15, 0.2) is 0 Å². The lowest BCUT2D eigenvalue weighted by Gasteiger charge is -2.28. The van der Waals surface area contributed by atoms with Gasteiger partial charge < -0.3 is 9.88 Å². The minimum Gasteiger partial charge on any atom is -0.358 e. The quantitative estimate of drug-likeness (QED) is 0.830. The molecule has 0 bridgehead atoms. The third kappa shape index (κ3) is 2.58. The molecule has 4 heteroatoms. The van der Waals surface area contributed by atoms with E-state index in [1.54, 1.807) is 0 Å². The van der Waals surface area contributed by atoms with Crippen molar-refractivity contribution in [3.63, 3.8) is 0 Å². The van der Waals surface area contributed by atoms with Gasteiger partial charge in [0.25, 0.3) is 0 Å². The Hall–Kier alpha value is -0.510. The van der Waals surface area contributed by atoms with Crippen molar-refractivity contribution in [3.05, 3.63) is 35.0 Å². The van der Waals surface area contributed by atoms with Gasteiger partial charge in [0, 0.05) is 27.5 Å². The number of nitrogens with one attached hydrogen (secondary N) is 1. The van der Waals surface area contributed by atoms with E-state index in [9.17, 15) is 0 Å². The van der Waals surface area contributed by atoms with Crippen molar-refractivity contribution in [1.29, 1.82) is 0 Å². The van der Waals surface area contributed by atoms with E-state index < -0.39 is 0 Å². The number of benzene rings is 1. The molecule has 0 saturated carbocycles. The van der Waals surface area contributed by atoms with Gasteiger partial charge in [0.1, 0.15) is 0 Å². The van der Waals surface area contributed by atoms with Crippen LogP contribution in [0.25, 0.3) is 10.9 Å². The minimum absolute atomic E-state index is 0. The molecule has 2 nitrogen and oxygen atoms in total. The van der Waals surface area contributed by atoms with E-state index in [2.05, 4.69) is 29.1 Å². The van der Waals surface area contributed by atoms with Crippen molar-refractivity contribution in [2.24, 2.45) is 0 Å². The number of rotatable bonds is 1. The van der Waals surface area contributed by atoms with Crippen LogP contribution in [-0.2, 0) is 0 Å². The van der Waals surface area contributed by atoms with Gasteiger partial charge >= 0.3 is 0 Å². The summed E-state index contributed by atoms with van der Waals surface area (Å²) in [6.07, 6.45) is 2.47. The summed E-state index contributed by atoms with van der Waals surface area (Å²) in [6, 6.07) is 8.28. The number of hydrogen-bond donors (Lipinski definition) is 1. The van der Waals surface area contributed by atoms with E-state index >= 15 is 0 Å². The summed E-state index contributed by atoms with van der Waals surface area (Å²) in [4.78, 5) is 5.91. The van der Waals surface area contributed by atoms with Gasteiger partial charge in [-0.05, 0) is 51.2 Å². The summed E-state index contributed by atoms with van der Waals surface area (Å²) in [5, 5.41) is 2.00. The molecule has 2 aromatic rings. The van der Waals surface area contributed by atoms with Crippen molar-refractivity contribution in [2.45, 2.75) is 18.8 Å². The Morgan fingerprint density at radius 1 is 1.28 bits per heavy atom. The topological polar surface area (TPSA) is 19.0 Å². The predicted octanol–water partition coefficient (Wildman–Crippen LogP) is 4.21. The van der Waals surface area contributed by atoms with E-state index in [4.69, 9.17) is 11.6 Å². The van der Waals surface area contributed by atoms with E-state index in [1.807, 2.05) is 12.1 Å². The second-order valence-electron chi connectivity index (χ2n) is 5.00. The summed E-state index contributed by atoms with van der Waals surface area (Å²) < 4.78 is 0. The Kier molecular flexibility index (Phi) is 4.36. The van der Waals surface area contributed by atoms with Gasteiger partial charge in [-0.25, -0.2) is 0 Å². The van der Waals surface area contributed by atoms with Crippen LogP contribution in [0.2, 0.25) is 5.02 Å². The maximum Gasteiger partial charge on any atom is 0.0499 e. The van der Waals surface area contributed by atoms with Gasteiger partial charge in [-0.3, -0.25) is 0 Å². The number of likely N-dealkylation sites (tertiary alicyclic amines) is 1. The first-order chi connectivity index (χ1) is 8.24. The molecule has 98 valence electrons. The SMILES string of the molecule is Br.CN1CCC(c2cc3c(Cl)cccc3[nH]2)CC1. The lowest BCUT2D eigenvalue weighted by Crippen LogP contribution is -2.29. The minimum atomic E-state index is 0. The van der Waals surface area contributed by atoms with Crippen molar-refractivity contribution < 1.29 is 0 Å². The number of piperidine rings is 1. The van der Waals surface area contributed by atoms with Crippen LogP contribution in [0.5, 0.6) is 0 Å². The number of hydrogen-bond acceptors (Lipinski definition) is 1. The highest BCUT2D eigenvalue weighted by Gasteiger charge is 2.20. The van der Waals surface area contributed by atoms with Gasteiger partial charge in [-0.15, -0.1) is 17.0 Å². The molecule has 0 spiro atoms. The fourth-order valence-corrected chi connectivity index (χ4v) is 2.91. The highest BCUT2D eigenvalue weighted by atomic mass is 79.9. The zero-order valence-electron chi connectivity index (χ0n) is 10.4. The first kappa shape index (κ1) is 13.9. The molecule has 1 fully saturated rings. The zero-order chi connectivity index (χ0) is 11.8. The molecule has 0 unspecified atom stereocenters. The molecule has 2 heterocycles. The third-order valence-corrected chi connectivity index (χ3v) is 4.12. The second kappa shape index (κ2) is 5.64. The first-order valence-corrected chi connectivity index (χ1v) is 6.57. The van der Waals surface area contributed by atoms with Crippen LogP contribution < -0.4 is 0 Å². The molecule has 1 aliphatic rings. The predicted molar refractivity (Wildman–Crippen MR) is 83.1 cm³/mol. The molecule has 0 amide bonds. The summed E-state index contributed by atoms with van der Waals surface area (Å²) >= 11 is 6.20. The van der Waals surface area contributed by atoms with Crippen LogP contribution in [0.1, 0.15) is 24.5 Å². The Morgan fingerprint density at radius 3 is 2.67 bits per heavy atom. The molecule has 18 heavy (non-hydrogen) atoms. The van der Waals surface area contributed by atoms with Crippen molar-refractivity contribution in [1.82, 2.24) is 9.88 Å². The molecular formula is C14H18BrClN2. The van der Waals surface area contributed by atoms with Crippen LogP contribution in [0.3, 0.4) is 0 Å². The molecule has 1 aromatic carbocycles. The number of halogens is 2. The number of H-pyrrole nitrogens is 1.